The Morgan fingerprint density at radius 1 is 1.32 bits per heavy atom. The van der Waals surface area contributed by atoms with Crippen molar-refractivity contribution in [1.29, 1.82) is 0 Å². The summed E-state index contributed by atoms with van der Waals surface area (Å²) < 4.78 is 1.02. The zero-order chi connectivity index (χ0) is 15.7. The van der Waals surface area contributed by atoms with E-state index in [9.17, 15) is 9.59 Å². The summed E-state index contributed by atoms with van der Waals surface area (Å²) in [4.78, 5) is 28.5. The van der Waals surface area contributed by atoms with Gasteiger partial charge in [-0.1, -0.05) is 15.9 Å². The van der Waals surface area contributed by atoms with Crippen LogP contribution in [0.3, 0.4) is 0 Å². The standard InChI is InChI=1S/C16H20BrN3O2/c1-11-8-13(2-3-14(11)17)20-10-12(9-15(20)21)16(22)19-6-4-18-5-7-19/h2-3,8,12,18H,4-7,9-10H2,1H3. The highest BCUT2D eigenvalue weighted by molar-refractivity contribution is 9.10. The molecule has 0 saturated carbocycles. The van der Waals surface area contributed by atoms with Crippen LogP contribution in [0.2, 0.25) is 0 Å². The number of carbonyl (C=O) groups excluding carboxylic acids is 2. The fourth-order valence-electron chi connectivity index (χ4n) is 3.06. The Kier molecular flexibility index (Phi) is 4.49. The first kappa shape index (κ1) is 15.5. The molecule has 6 heteroatoms. The van der Waals surface area contributed by atoms with E-state index in [0.717, 1.165) is 41.9 Å². The number of amides is 2. The predicted octanol–water partition coefficient (Wildman–Crippen LogP) is 1.54. The van der Waals surface area contributed by atoms with E-state index in [1.54, 1.807) is 4.90 Å². The summed E-state index contributed by atoms with van der Waals surface area (Å²) in [6, 6.07) is 5.86. The molecule has 2 aliphatic rings. The number of benzene rings is 1. The van der Waals surface area contributed by atoms with Gasteiger partial charge in [0.1, 0.15) is 0 Å². The van der Waals surface area contributed by atoms with Crippen molar-refractivity contribution in [1.82, 2.24) is 10.2 Å². The molecule has 2 heterocycles. The van der Waals surface area contributed by atoms with E-state index in [1.807, 2.05) is 30.0 Å². The van der Waals surface area contributed by atoms with Gasteiger partial charge in [0.15, 0.2) is 0 Å². The van der Waals surface area contributed by atoms with Crippen LogP contribution in [0.15, 0.2) is 22.7 Å². The van der Waals surface area contributed by atoms with Gasteiger partial charge in [0, 0.05) is 49.3 Å². The Balaban J connectivity index is 1.72. The van der Waals surface area contributed by atoms with Crippen molar-refractivity contribution in [2.45, 2.75) is 13.3 Å². The smallest absolute Gasteiger partial charge is 0.228 e. The molecular weight excluding hydrogens is 346 g/mol. The highest BCUT2D eigenvalue weighted by Crippen LogP contribution is 2.29. The number of rotatable bonds is 2. The van der Waals surface area contributed by atoms with Crippen LogP contribution in [0.1, 0.15) is 12.0 Å². The molecule has 1 N–H and O–H groups in total. The lowest BCUT2D eigenvalue weighted by Crippen LogP contribution is -2.48. The second kappa shape index (κ2) is 6.38. The number of anilines is 1. The molecule has 5 nitrogen and oxygen atoms in total. The zero-order valence-electron chi connectivity index (χ0n) is 12.6. The van der Waals surface area contributed by atoms with Gasteiger partial charge in [-0.25, -0.2) is 0 Å². The topological polar surface area (TPSA) is 52.7 Å². The van der Waals surface area contributed by atoms with E-state index >= 15 is 0 Å². The van der Waals surface area contributed by atoms with Crippen molar-refractivity contribution in [3.63, 3.8) is 0 Å². The Hall–Kier alpha value is -1.40. The number of nitrogens with zero attached hydrogens (tertiary/aromatic N) is 2. The number of hydrogen-bond donors (Lipinski definition) is 1. The monoisotopic (exact) mass is 365 g/mol. The van der Waals surface area contributed by atoms with Crippen molar-refractivity contribution < 1.29 is 9.59 Å². The van der Waals surface area contributed by atoms with E-state index in [4.69, 9.17) is 0 Å². The highest BCUT2D eigenvalue weighted by Gasteiger charge is 2.37. The molecule has 2 saturated heterocycles. The molecule has 22 heavy (non-hydrogen) atoms. The second-order valence-electron chi connectivity index (χ2n) is 5.91. The molecule has 3 rings (SSSR count). The molecular formula is C16H20BrN3O2. The van der Waals surface area contributed by atoms with Crippen molar-refractivity contribution in [3.05, 3.63) is 28.2 Å². The molecule has 2 amide bonds. The molecule has 1 aromatic carbocycles. The van der Waals surface area contributed by atoms with E-state index in [1.165, 1.54) is 0 Å². The number of carbonyl (C=O) groups is 2. The van der Waals surface area contributed by atoms with E-state index in [2.05, 4.69) is 21.2 Å². The van der Waals surface area contributed by atoms with Gasteiger partial charge in [0.2, 0.25) is 11.8 Å². The third kappa shape index (κ3) is 3.03. The summed E-state index contributed by atoms with van der Waals surface area (Å²) >= 11 is 3.47. The van der Waals surface area contributed by atoms with Crippen molar-refractivity contribution in [3.8, 4) is 0 Å². The second-order valence-corrected chi connectivity index (χ2v) is 6.77. The van der Waals surface area contributed by atoms with Crippen LogP contribution in [-0.4, -0.2) is 49.4 Å². The maximum atomic E-state index is 12.6. The van der Waals surface area contributed by atoms with Gasteiger partial charge < -0.3 is 15.1 Å². The molecule has 1 atom stereocenters. The number of nitrogens with one attached hydrogen (secondary N) is 1. The molecule has 1 unspecified atom stereocenters. The normalized spacial score (nSPS) is 22.3. The highest BCUT2D eigenvalue weighted by atomic mass is 79.9. The largest absolute Gasteiger partial charge is 0.340 e. The molecule has 0 bridgehead atoms. The van der Waals surface area contributed by atoms with Crippen LogP contribution in [0, 0.1) is 12.8 Å². The van der Waals surface area contributed by atoms with Crippen molar-refractivity contribution in [2.75, 3.05) is 37.6 Å². The Labute approximate surface area is 138 Å². The Morgan fingerprint density at radius 3 is 2.73 bits per heavy atom. The van der Waals surface area contributed by atoms with E-state index in [0.29, 0.717) is 13.0 Å². The number of piperazine rings is 1. The third-order valence-electron chi connectivity index (χ3n) is 4.36. The molecule has 0 spiro atoms. The Bertz CT molecular complexity index is 599. The average Bonchev–Trinajstić information content (AvgIpc) is 2.92. The van der Waals surface area contributed by atoms with Crippen molar-refractivity contribution >= 4 is 33.4 Å². The van der Waals surface area contributed by atoms with Gasteiger partial charge in [0.25, 0.3) is 0 Å². The summed E-state index contributed by atoms with van der Waals surface area (Å²) in [7, 11) is 0. The van der Waals surface area contributed by atoms with Crippen LogP contribution in [-0.2, 0) is 9.59 Å². The minimum absolute atomic E-state index is 0.0372. The number of aryl methyl sites for hydroxylation is 1. The average molecular weight is 366 g/mol. The summed E-state index contributed by atoms with van der Waals surface area (Å²) in [5, 5.41) is 3.24. The summed E-state index contributed by atoms with van der Waals surface area (Å²) in [6.45, 7) is 5.63. The van der Waals surface area contributed by atoms with Gasteiger partial charge in [-0.15, -0.1) is 0 Å². The van der Waals surface area contributed by atoms with Crippen LogP contribution in [0.5, 0.6) is 0 Å². The fourth-order valence-corrected chi connectivity index (χ4v) is 3.31. The van der Waals surface area contributed by atoms with Gasteiger partial charge in [-0.2, -0.15) is 0 Å². The first-order chi connectivity index (χ1) is 10.6. The summed E-state index contributed by atoms with van der Waals surface area (Å²) in [6.07, 6.45) is 0.317. The lowest BCUT2D eigenvalue weighted by atomic mass is 10.1. The van der Waals surface area contributed by atoms with Crippen LogP contribution < -0.4 is 10.2 Å². The number of hydrogen-bond acceptors (Lipinski definition) is 3. The van der Waals surface area contributed by atoms with Gasteiger partial charge in [-0.05, 0) is 30.7 Å². The molecule has 1 aromatic rings. The van der Waals surface area contributed by atoms with Gasteiger partial charge in [0.05, 0.1) is 5.92 Å². The first-order valence-electron chi connectivity index (χ1n) is 7.62. The minimum Gasteiger partial charge on any atom is -0.340 e. The first-order valence-corrected chi connectivity index (χ1v) is 8.41. The lowest BCUT2D eigenvalue weighted by molar-refractivity contribution is -0.136. The maximum Gasteiger partial charge on any atom is 0.228 e. The zero-order valence-corrected chi connectivity index (χ0v) is 14.2. The lowest BCUT2D eigenvalue weighted by Gasteiger charge is -2.29. The molecule has 0 aromatic heterocycles. The molecule has 2 fully saturated rings. The minimum atomic E-state index is -0.213. The van der Waals surface area contributed by atoms with E-state index in [-0.39, 0.29) is 17.7 Å². The maximum absolute atomic E-state index is 12.6. The van der Waals surface area contributed by atoms with Crippen LogP contribution in [0.4, 0.5) is 5.69 Å². The van der Waals surface area contributed by atoms with Gasteiger partial charge in [-0.3, -0.25) is 9.59 Å². The molecule has 0 radical (unpaired) electrons. The molecule has 2 aliphatic heterocycles. The third-order valence-corrected chi connectivity index (χ3v) is 5.25. The summed E-state index contributed by atoms with van der Waals surface area (Å²) in [5.41, 5.74) is 1.96. The van der Waals surface area contributed by atoms with Crippen LogP contribution in [0.25, 0.3) is 0 Å². The Morgan fingerprint density at radius 2 is 2.05 bits per heavy atom. The van der Waals surface area contributed by atoms with Crippen LogP contribution >= 0.6 is 15.9 Å². The fraction of sp³-hybridized carbons (Fsp3) is 0.500. The summed E-state index contributed by atoms with van der Waals surface area (Å²) in [5.74, 6) is -0.0593. The quantitative estimate of drug-likeness (QED) is 0.864. The number of halogens is 1. The molecule has 0 aliphatic carbocycles. The predicted molar refractivity (Wildman–Crippen MR) is 88.8 cm³/mol. The van der Waals surface area contributed by atoms with Crippen molar-refractivity contribution in [2.24, 2.45) is 5.92 Å². The van der Waals surface area contributed by atoms with E-state index < -0.39 is 0 Å². The van der Waals surface area contributed by atoms with Gasteiger partial charge >= 0.3 is 0 Å². The molecule has 118 valence electrons. The SMILES string of the molecule is Cc1cc(N2CC(C(=O)N3CCNCC3)CC2=O)ccc1Br.